The molecule has 2 aliphatic rings. The summed E-state index contributed by atoms with van der Waals surface area (Å²) in [6, 6.07) is 5.95. The van der Waals surface area contributed by atoms with Crippen LogP contribution in [-0.2, 0) is 4.74 Å². The topological polar surface area (TPSA) is 27.7 Å². The van der Waals surface area contributed by atoms with Crippen LogP contribution in [0.15, 0.2) is 30.4 Å². The van der Waals surface area contributed by atoms with Crippen molar-refractivity contribution in [2.45, 2.75) is 12.5 Å². The van der Waals surface area contributed by atoms with Gasteiger partial charge in [0.25, 0.3) is 0 Å². The van der Waals surface area contributed by atoms with Gasteiger partial charge in [-0.25, -0.2) is 0 Å². The van der Waals surface area contributed by atoms with Gasteiger partial charge in [0.1, 0.15) is 0 Å². The number of hydrogen-bond acceptors (Lipinski definition) is 3. The molecular formula is C12H12O3. The third-order valence-electron chi connectivity index (χ3n) is 2.73. The van der Waals surface area contributed by atoms with Gasteiger partial charge in [0.2, 0.25) is 6.79 Å². The van der Waals surface area contributed by atoms with Gasteiger partial charge in [-0.3, -0.25) is 0 Å². The van der Waals surface area contributed by atoms with E-state index in [4.69, 9.17) is 14.2 Å². The van der Waals surface area contributed by atoms with E-state index in [-0.39, 0.29) is 6.10 Å². The van der Waals surface area contributed by atoms with E-state index in [1.807, 2.05) is 18.2 Å². The molecule has 15 heavy (non-hydrogen) atoms. The van der Waals surface area contributed by atoms with Crippen LogP contribution in [0.2, 0.25) is 0 Å². The Morgan fingerprint density at radius 1 is 1.20 bits per heavy atom. The van der Waals surface area contributed by atoms with Gasteiger partial charge in [-0.05, 0) is 23.3 Å². The zero-order valence-electron chi connectivity index (χ0n) is 8.36. The summed E-state index contributed by atoms with van der Waals surface area (Å²) in [6.07, 6.45) is 1.03. The number of fused-ring (bicyclic) bond motifs is 1. The van der Waals surface area contributed by atoms with Crippen molar-refractivity contribution in [3.8, 4) is 11.5 Å². The van der Waals surface area contributed by atoms with Crippen molar-refractivity contribution in [2.24, 2.45) is 0 Å². The zero-order chi connectivity index (χ0) is 10.3. The van der Waals surface area contributed by atoms with Crippen molar-refractivity contribution in [1.82, 2.24) is 0 Å². The molecule has 78 valence electrons. The van der Waals surface area contributed by atoms with E-state index in [0.29, 0.717) is 13.4 Å². The van der Waals surface area contributed by atoms with Crippen LogP contribution in [0.25, 0.3) is 0 Å². The van der Waals surface area contributed by atoms with E-state index in [0.717, 1.165) is 29.1 Å². The summed E-state index contributed by atoms with van der Waals surface area (Å²) in [5, 5.41) is 0. The molecule has 0 radical (unpaired) electrons. The average molecular weight is 204 g/mol. The molecule has 1 aromatic rings. The molecule has 0 amide bonds. The minimum atomic E-state index is 0.131. The third kappa shape index (κ3) is 1.49. The first-order valence-corrected chi connectivity index (χ1v) is 5.01. The fraction of sp³-hybridized carbons (Fsp3) is 0.333. The lowest BCUT2D eigenvalue weighted by Gasteiger charge is -2.09. The summed E-state index contributed by atoms with van der Waals surface area (Å²) in [7, 11) is 0. The molecule has 0 spiro atoms. The summed E-state index contributed by atoms with van der Waals surface area (Å²) >= 11 is 0. The van der Waals surface area contributed by atoms with Crippen LogP contribution in [0.5, 0.6) is 11.5 Å². The fourth-order valence-electron chi connectivity index (χ4n) is 1.93. The summed E-state index contributed by atoms with van der Waals surface area (Å²) in [5.74, 6) is 1.63. The highest BCUT2D eigenvalue weighted by molar-refractivity contribution is 5.45. The molecule has 0 bridgehead atoms. The molecule has 2 heterocycles. The maximum absolute atomic E-state index is 5.62. The van der Waals surface area contributed by atoms with Gasteiger partial charge in [0.05, 0.1) is 12.7 Å². The Bertz CT molecular complexity index is 411. The smallest absolute Gasteiger partial charge is 0.231 e. The first-order valence-electron chi connectivity index (χ1n) is 5.01. The van der Waals surface area contributed by atoms with Crippen molar-refractivity contribution < 1.29 is 14.2 Å². The summed E-state index contributed by atoms with van der Waals surface area (Å²) < 4.78 is 16.2. The number of rotatable bonds is 1. The van der Waals surface area contributed by atoms with Crippen LogP contribution in [-0.4, -0.2) is 13.4 Å². The first-order chi connectivity index (χ1) is 7.33. The molecule has 0 saturated carbocycles. The number of ether oxygens (including phenoxy) is 3. The maximum atomic E-state index is 5.62. The highest BCUT2D eigenvalue weighted by Crippen LogP contribution is 2.38. The van der Waals surface area contributed by atoms with Gasteiger partial charge in [-0.1, -0.05) is 12.6 Å². The second-order valence-corrected chi connectivity index (χ2v) is 3.87. The quantitative estimate of drug-likeness (QED) is 0.657. The summed E-state index contributed by atoms with van der Waals surface area (Å²) in [6.45, 7) is 4.90. The lowest BCUT2D eigenvalue weighted by atomic mass is 10.0. The van der Waals surface area contributed by atoms with E-state index < -0.39 is 0 Å². The lowest BCUT2D eigenvalue weighted by Crippen LogP contribution is -1.95. The monoisotopic (exact) mass is 204 g/mol. The Morgan fingerprint density at radius 3 is 2.87 bits per heavy atom. The molecule has 1 fully saturated rings. The van der Waals surface area contributed by atoms with E-state index in [2.05, 4.69) is 6.58 Å². The Balaban J connectivity index is 1.89. The van der Waals surface area contributed by atoms with Gasteiger partial charge < -0.3 is 14.2 Å². The molecule has 3 heteroatoms. The van der Waals surface area contributed by atoms with Gasteiger partial charge >= 0.3 is 0 Å². The molecule has 3 nitrogen and oxygen atoms in total. The SMILES string of the molecule is C=C1COC(c2ccc3c(c2)OCO3)C1. The molecule has 1 aromatic carbocycles. The Morgan fingerprint density at radius 2 is 2.07 bits per heavy atom. The van der Waals surface area contributed by atoms with E-state index in [1.165, 1.54) is 0 Å². The minimum Gasteiger partial charge on any atom is -0.454 e. The van der Waals surface area contributed by atoms with Crippen LogP contribution in [0.4, 0.5) is 0 Å². The van der Waals surface area contributed by atoms with Gasteiger partial charge in [-0.15, -0.1) is 0 Å². The Labute approximate surface area is 88.3 Å². The molecule has 1 unspecified atom stereocenters. The molecular weight excluding hydrogens is 192 g/mol. The minimum absolute atomic E-state index is 0.131. The van der Waals surface area contributed by atoms with Gasteiger partial charge in [0, 0.05) is 6.42 Å². The van der Waals surface area contributed by atoms with Crippen LogP contribution >= 0.6 is 0 Å². The second-order valence-electron chi connectivity index (χ2n) is 3.87. The van der Waals surface area contributed by atoms with E-state index in [9.17, 15) is 0 Å². The van der Waals surface area contributed by atoms with Crippen molar-refractivity contribution in [3.05, 3.63) is 35.9 Å². The maximum Gasteiger partial charge on any atom is 0.231 e. The van der Waals surface area contributed by atoms with Crippen LogP contribution < -0.4 is 9.47 Å². The van der Waals surface area contributed by atoms with Gasteiger partial charge in [0.15, 0.2) is 11.5 Å². The number of benzene rings is 1. The van der Waals surface area contributed by atoms with Crippen molar-refractivity contribution in [1.29, 1.82) is 0 Å². The molecule has 0 aliphatic carbocycles. The Kier molecular flexibility index (Phi) is 1.92. The molecule has 2 aliphatic heterocycles. The highest BCUT2D eigenvalue weighted by atomic mass is 16.7. The third-order valence-corrected chi connectivity index (χ3v) is 2.73. The van der Waals surface area contributed by atoms with Crippen molar-refractivity contribution in [2.75, 3.05) is 13.4 Å². The zero-order valence-corrected chi connectivity index (χ0v) is 8.36. The fourth-order valence-corrected chi connectivity index (χ4v) is 1.93. The lowest BCUT2D eigenvalue weighted by molar-refractivity contribution is 0.114. The van der Waals surface area contributed by atoms with E-state index >= 15 is 0 Å². The summed E-state index contributed by atoms with van der Waals surface area (Å²) in [5.41, 5.74) is 2.29. The first kappa shape index (κ1) is 8.80. The van der Waals surface area contributed by atoms with Crippen molar-refractivity contribution in [3.63, 3.8) is 0 Å². The molecule has 3 rings (SSSR count). The van der Waals surface area contributed by atoms with Crippen LogP contribution in [0.3, 0.4) is 0 Å². The predicted molar refractivity (Wildman–Crippen MR) is 55.0 cm³/mol. The van der Waals surface area contributed by atoms with E-state index in [1.54, 1.807) is 0 Å². The number of hydrogen-bond donors (Lipinski definition) is 0. The largest absolute Gasteiger partial charge is 0.454 e. The Hall–Kier alpha value is -1.48. The van der Waals surface area contributed by atoms with Crippen molar-refractivity contribution >= 4 is 0 Å². The molecule has 1 atom stereocenters. The average Bonchev–Trinajstić information content (AvgIpc) is 2.84. The second kappa shape index (κ2) is 3.28. The molecule has 1 saturated heterocycles. The van der Waals surface area contributed by atoms with Crippen LogP contribution in [0, 0.1) is 0 Å². The predicted octanol–water partition coefficient (Wildman–Crippen LogP) is 2.43. The summed E-state index contributed by atoms with van der Waals surface area (Å²) in [4.78, 5) is 0. The van der Waals surface area contributed by atoms with Gasteiger partial charge in [-0.2, -0.15) is 0 Å². The van der Waals surface area contributed by atoms with Crippen LogP contribution in [0.1, 0.15) is 18.1 Å². The highest BCUT2D eigenvalue weighted by Gasteiger charge is 2.23. The normalized spacial score (nSPS) is 23.5. The molecule has 0 N–H and O–H groups in total. The standard InChI is InChI=1S/C12H12O3/c1-8-4-11(13-6-8)9-2-3-10-12(5-9)15-7-14-10/h2-3,5,11H,1,4,6-7H2. The molecule has 0 aromatic heterocycles.